The normalized spacial score (nSPS) is 15.7. The maximum Gasteiger partial charge on any atom is 0.328 e. The third-order valence-electron chi connectivity index (χ3n) is 6.26. The molecule has 9 heteroatoms. The molecular weight excluding hydrogens is 440 g/mol. The van der Waals surface area contributed by atoms with Gasteiger partial charge in [0.25, 0.3) is 10.0 Å². The van der Waals surface area contributed by atoms with E-state index in [0.717, 1.165) is 43.1 Å². The van der Waals surface area contributed by atoms with Gasteiger partial charge in [-0.05, 0) is 44.0 Å². The Kier molecular flexibility index (Phi) is 5.28. The van der Waals surface area contributed by atoms with Crippen LogP contribution in [0.4, 0.5) is 0 Å². The van der Waals surface area contributed by atoms with Crippen LogP contribution in [0.15, 0.2) is 53.7 Å². The molecule has 1 saturated carbocycles. The van der Waals surface area contributed by atoms with Crippen molar-refractivity contribution in [3.8, 4) is 0 Å². The first kappa shape index (κ1) is 21.4. The zero-order chi connectivity index (χ0) is 23.2. The number of carbonyl (C=O) groups is 1. The van der Waals surface area contributed by atoms with Crippen LogP contribution in [0.5, 0.6) is 0 Å². The van der Waals surface area contributed by atoms with Crippen LogP contribution in [-0.2, 0) is 14.8 Å². The highest BCUT2D eigenvalue weighted by Crippen LogP contribution is 2.35. The summed E-state index contributed by atoms with van der Waals surface area (Å²) in [7, 11) is -3.83. The predicted octanol–water partition coefficient (Wildman–Crippen LogP) is 4.37. The highest BCUT2D eigenvalue weighted by atomic mass is 32.2. The van der Waals surface area contributed by atoms with Crippen molar-refractivity contribution in [2.24, 2.45) is 0 Å². The van der Waals surface area contributed by atoms with Gasteiger partial charge in [0.05, 0.1) is 27.8 Å². The number of hydrogen-bond donors (Lipinski definition) is 1. The smallest absolute Gasteiger partial charge is 0.328 e. The number of carboxylic acid groups (broad SMARTS) is 1. The number of imidazole rings is 1. The number of aryl methyl sites for hydroxylation is 1. The summed E-state index contributed by atoms with van der Waals surface area (Å²) in [6.45, 7) is 1.90. The Morgan fingerprint density at radius 2 is 1.82 bits per heavy atom. The summed E-state index contributed by atoms with van der Waals surface area (Å²) in [6, 6.07) is 8.45. The second-order valence-electron chi connectivity index (χ2n) is 8.48. The van der Waals surface area contributed by atoms with Gasteiger partial charge in [0, 0.05) is 18.2 Å². The van der Waals surface area contributed by atoms with Crippen LogP contribution in [0.2, 0.25) is 0 Å². The molecule has 1 fully saturated rings. The number of benzene rings is 1. The zero-order valence-corrected chi connectivity index (χ0v) is 19.0. The Morgan fingerprint density at radius 3 is 2.52 bits per heavy atom. The van der Waals surface area contributed by atoms with Crippen molar-refractivity contribution in [2.45, 2.75) is 49.8 Å². The average molecular weight is 465 g/mol. The van der Waals surface area contributed by atoms with Gasteiger partial charge in [0.1, 0.15) is 5.82 Å². The first-order chi connectivity index (χ1) is 15.9. The lowest BCUT2D eigenvalue weighted by atomic mass is 9.89. The molecule has 4 aromatic rings. The molecule has 3 aromatic heterocycles. The first-order valence-electron chi connectivity index (χ1n) is 11.0. The van der Waals surface area contributed by atoms with Gasteiger partial charge in [-0.15, -0.1) is 0 Å². The van der Waals surface area contributed by atoms with Crippen molar-refractivity contribution in [2.75, 3.05) is 0 Å². The molecule has 0 bridgehead atoms. The van der Waals surface area contributed by atoms with Gasteiger partial charge in [-0.2, -0.15) is 0 Å². The van der Waals surface area contributed by atoms with Crippen molar-refractivity contribution in [3.05, 3.63) is 65.9 Å². The Hall–Kier alpha value is -3.46. The van der Waals surface area contributed by atoms with Gasteiger partial charge < -0.3 is 5.11 Å². The molecule has 8 nitrogen and oxygen atoms in total. The van der Waals surface area contributed by atoms with Gasteiger partial charge in [-0.3, -0.25) is 4.40 Å². The van der Waals surface area contributed by atoms with Gasteiger partial charge >= 0.3 is 5.97 Å². The largest absolute Gasteiger partial charge is 0.478 e. The molecule has 1 aliphatic rings. The Balaban J connectivity index is 1.73. The number of aromatic nitrogens is 4. The Bertz CT molecular complexity index is 1490. The van der Waals surface area contributed by atoms with Crippen molar-refractivity contribution in [3.63, 3.8) is 0 Å². The molecule has 0 amide bonds. The summed E-state index contributed by atoms with van der Waals surface area (Å²) >= 11 is 0. The minimum absolute atomic E-state index is 0.190. The van der Waals surface area contributed by atoms with E-state index < -0.39 is 16.0 Å². The molecule has 0 aliphatic heterocycles. The minimum atomic E-state index is -3.83. The molecule has 1 aliphatic carbocycles. The molecule has 3 heterocycles. The standard InChI is InChI=1S/C24H24N4O4S/c1-16-7-9-18(10-8-16)33(31,32)27-14-13-20-24(27)25-15-21-19(11-12-22(29)30)26-23(28(20)21)17-5-3-2-4-6-17/h7-15,17H,2-6H2,1H3,(H,29,30). The number of carboxylic acids is 1. The SMILES string of the molecule is Cc1ccc(S(=O)(=O)n2ccc3c2ncc2c(C=CC(=O)O)nc(C4CCCCC4)n23)cc1. The highest BCUT2D eigenvalue weighted by molar-refractivity contribution is 7.90. The van der Waals surface area contributed by atoms with Gasteiger partial charge in [0.2, 0.25) is 0 Å². The summed E-state index contributed by atoms with van der Waals surface area (Å²) in [6.07, 6.45) is 11.0. The van der Waals surface area contributed by atoms with Gasteiger partial charge in [-0.1, -0.05) is 37.0 Å². The maximum absolute atomic E-state index is 13.3. The van der Waals surface area contributed by atoms with E-state index in [9.17, 15) is 13.2 Å². The molecule has 0 radical (unpaired) electrons. The molecular formula is C24H24N4O4S. The van der Waals surface area contributed by atoms with Crippen molar-refractivity contribution in [1.29, 1.82) is 0 Å². The van der Waals surface area contributed by atoms with E-state index in [1.165, 1.54) is 22.7 Å². The van der Waals surface area contributed by atoms with Crippen molar-refractivity contribution < 1.29 is 18.3 Å². The minimum Gasteiger partial charge on any atom is -0.478 e. The van der Waals surface area contributed by atoms with Crippen LogP contribution in [0, 0.1) is 6.92 Å². The molecule has 0 unspecified atom stereocenters. The zero-order valence-electron chi connectivity index (χ0n) is 18.2. The number of nitrogens with zero attached hydrogens (tertiary/aromatic N) is 4. The average Bonchev–Trinajstić information content (AvgIpc) is 3.40. The predicted molar refractivity (Wildman–Crippen MR) is 125 cm³/mol. The van der Waals surface area contributed by atoms with Crippen LogP contribution >= 0.6 is 0 Å². The van der Waals surface area contributed by atoms with E-state index in [-0.39, 0.29) is 10.8 Å². The number of hydrogen-bond acceptors (Lipinski definition) is 5. The second kappa shape index (κ2) is 8.15. The van der Waals surface area contributed by atoms with Crippen LogP contribution in [0.3, 0.4) is 0 Å². The monoisotopic (exact) mass is 464 g/mol. The van der Waals surface area contributed by atoms with E-state index >= 15 is 0 Å². The van der Waals surface area contributed by atoms with E-state index in [2.05, 4.69) is 4.98 Å². The molecule has 0 spiro atoms. The number of aliphatic carboxylic acids is 1. The molecule has 33 heavy (non-hydrogen) atoms. The van der Waals surface area contributed by atoms with Crippen LogP contribution < -0.4 is 0 Å². The second-order valence-corrected chi connectivity index (χ2v) is 10.3. The summed E-state index contributed by atoms with van der Waals surface area (Å²) in [5.74, 6) is -0.00625. The lowest BCUT2D eigenvalue weighted by Gasteiger charge is -2.20. The van der Waals surface area contributed by atoms with E-state index in [1.807, 2.05) is 11.3 Å². The van der Waals surface area contributed by atoms with Crippen LogP contribution in [0.1, 0.15) is 55.1 Å². The Morgan fingerprint density at radius 1 is 1.09 bits per heavy atom. The summed E-state index contributed by atoms with van der Waals surface area (Å²) in [5.41, 5.74) is 3.09. The maximum atomic E-state index is 13.3. The summed E-state index contributed by atoms with van der Waals surface area (Å²) < 4.78 is 29.8. The lowest BCUT2D eigenvalue weighted by molar-refractivity contribution is -0.131. The fraction of sp³-hybridized carbons (Fsp3) is 0.292. The quantitative estimate of drug-likeness (QED) is 0.440. The third-order valence-corrected chi connectivity index (χ3v) is 7.94. The van der Waals surface area contributed by atoms with Gasteiger partial charge in [0.15, 0.2) is 5.65 Å². The Labute approximate surface area is 191 Å². The number of rotatable bonds is 5. The summed E-state index contributed by atoms with van der Waals surface area (Å²) in [4.78, 5) is 20.5. The van der Waals surface area contributed by atoms with Crippen LogP contribution in [-0.4, -0.2) is 37.8 Å². The van der Waals surface area contributed by atoms with Crippen molar-refractivity contribution >= 4 is 38.7 Å². The topological polar surface area (TPSA) is 107 Å². The van der Waals surface area contributed by atoms with Gasteiger partial charge in [-0.25, -0.2) is 27.2 Å². The molecule has 1 N–H and O–H groups in total. The van der Waals surface area contributed by atoms with E-state index in [0.29, 0.717) is 22.4 Å². The number of fused-ring (bicyclic) bond motifs is 3. The molecule has 5 rings (SSSR count). The van der Waals surface area contributed by atoms with Crippen molar-refractivity contribution in [1.82, 2.24) is 18.3 Å². The third kappa shape index (κ3) is 3.72. The fourth-order valence-electron chi connectivity index (χ4n) is 4.59. The summed E-state index contributed by atoms with van der Waals surface area (Å²) in [5, 5.41) is 9.09. The van der Waals surface area contributed by atoms with E-state index in [4.69, 9.17) is 10.1 Å². The fourth-order valence-corrected chi connectivity index (χ4v) is 5.88. The highest BCUT2D eigenvalue weighted by Gasteiger charge is 2.26. The van der Waals surface area contributed by atoms with Crippen LogP contribution in [0.25, 0.3) is 22.8 Å². The molecule has 0 atom stereocenters. The lowest BCUT2D eigenvalue weighted by Crippen LogP contribution is -2.13. The van der Waals surface area contributed by atoms with E-state index in [1.54, 1.807) is 36.5 Å². The molecule has 0 saturated heterocycles. The molecule has 170 valence electrons. The molecule has 1 aromatic carbocycles. The first-order valence-corrected chi connectivity index (χ1v) is 12.4.